The zero-order chi connectivity index (χ0) is 23.7. The van der Waals surface area contributed by atoms with Crippen LogP contribution in [0.3, 0.4) is 0 Å². The quantitative estimate of drug-likeness (QED) is 0.654. The molecule has 3 aliphatic heterocycles. The molecule has 0 aliphatic carbocycles. The van der Waals surface area contributed by atoms with Crippen molar-refractivity contribution in [2.45, 2.75) is 38.6 Å². The van der Waals surface area contributed by atoms with Crippen LogP contribution in [-0.4, -0.2) is 59.9 Å². The van der Waals surface area contributed by atoms with E-state index in [4.69, 9.17) is 9.47 Å². The highest BCUT2D eigenvalue weighted by Crippen LogP contribution is 2.34. The van der Waals surface area contributed by atoms with E-state index in [0.717, 1.165) is 13.1 Å². The molecule has 1 N–H and O–H groups in total. The van der Waals surface area contributed by atoms with Crippen molar-refractivity contribution in [2.24, 2.45) is 0 Å². The summed E-state index contributed by atoms with van der Waals surface area (Å²) in [5.74, 6) is -0.860. The number of carbonyl (C=O) groups is 3. The standard InChI is InChI=1S/C25H26FN3O5/c26-23-16(13-28-9-11-33-12-10-28)3-1-4-17(23)15-34-21-6-2-5-18-19(21)14-29(25(18)32)20-7-8-22(30)27-24(20)31/h1-6,20H,7-15H2,(H,27,30,31). The van der Waals surface area contributed by atoms with Crippen LogP contribution in [0.2, 0.25) is 0 Å². The van der Waals surface area contributed by atoms with Crippen LogP contribution in [0.5, 0.6) is 5.75 Å². The van der Waals surface area contributed by atoms with Gasteiger partial charge < -0.3 is 14.4 Å². The maximum Gasteiger partial charge on any atom is 0.255 e. The first kappa shape index (κ1) is 22.5. The number of hydrogen-bond acceptors (Lipinski definition) is 6. The Hall–Kier alpha value is -3.30. The Morgan fingerprint density at radius 2 is 1.82 bits per heavy atom. The number of fused-ring (bicyclic) bond motifs is 1. The van der Waals surface area contributed by atoms with Gasteiger partial charge in [0.1, 0.15) is 24.2 Å². The van der Waals surface area contributed by atoms with Crippen LogP contribution in [0.1, 0.15) is 39.9 Å². The average molecular weight is 467 g/mol. The fraction of sp³-hybridized carbons (Fsp3) is 0.400. The molecule has 2 fully saturated rings. The van der Waals surface area contributed by atoms with Crippen LogP contribution in [0.4, 0.5) is 4.39 Å². The lowest BCUT2D eigenvalue weighted by Gasteiger charge is -2.29. The Bertz CT molecular complexity index is 1130. The number of hydrogen-bond donors (Lipinski definition) is 1. The normalized spacial score (nSPS) is 20.9. The lowest BCUT2D eigenvalue weighted by molar-refractivity contribution is -0.136. The lowest BCUT2D eigenvalue weighted by atomic mass is 10.0. The van der Waals surface area contributed by atoms with Crippen LogP contribution in [0.25, 0.3) is 0 Å². The van der Waals surface area contributed by atoms with Crippen molar-refractivity contribution >= 4 is 17.7 Å². The Labute approximate surface area is 196 Å². The predicted octanol–water partition coefficient (Wildman–Crippen LogP) is 2.00. The summed E-state index contributed by atoms with van der Waals surface area (Å²) in [7, 11) is 0. The van der Waals surface area contributed by atoms with Crippen LogP contribution >= 0.6 is 0 Å². The fourth-order valence-electron chi connectivity index (χ4n) is 4.71. The predicted molar refractivity (Wildman–Crippen MR) is 119 cm³/mol. The summed E-state index contributed by atoms with van der Waals surface area (Å²) >= 11 is 0. The molecule has 0 spiro atoms. The first-order chi connectivity index (χ1) is 16.5. The molecular formula is C25H26FN3O5. The molecule has 3 heterocycles. The molecule has 2 aromatic carbocycles. The molecule has 178 valence electrons. The molecular weight excluding hydrogens is 441 g/mol. The summed E-state index contributed by atoms with van der Waals surface area (Å²) in [5.41, 5.74) is 2.18. The average Bonchev–Trinajstić information content (AvgIpc) is 3.17. The van der Waals surface area contributed by atoms with Crippen LogP contribution in [0.15, 0.2) is 36.4 Å². The third-order valence-electron chi connectivity index (χ3n) is 6.58. The van der Waals surface area contributed by atoms with E-state index in [1.165, 1.54) is 4.90 Å². The van der Waals surface area contributed by atoms with Crippen LogP contribution < -0.4 is 10.1 Å². The van der Waals surface area contributed by atoms with E-state index < -0.39 is 11.9 Å². The zero-order valence-electron chi connectivity index (χ0n) is 18.7. The van der Waals surface area contributed by atoms with Gasteiger partial charge in [-0.3, -0.25) is 24.6 Å². The van der Waals surface area contributed by atoms with Crippen molar-refractivity contribution in [1.29, 1.82) is 0 Å². The third-order valence-corrected chi connectivity index (χ3v) is 6.58. The topological polar surface area (TPSA) is 88.2 Å². The largest absolute Gasteiger partial charge is 0.488 e. The van der Waals surface area contributed by atoms with Crippen LogP contribution in [-0.2, 0) is 34.0 Å². The second-order valence-electron chi connectivity index (χ2n) is 8.75. The number of ether oxygens (including phenoxy) is 2. The molecule has 0 bridgehead atoms. The third kappa shape index (κ3) is 4.41. The molecule has 1 atom stereocenters. The number of rotatable bonds is 6. The smallest absolute Gasteiger partial charge is 0.255 e. The Morgan fingerprint density at radius 3 is 2.62 bits per heavy atom. The van der Waals surface area contributed by atoms with Gasteiger partial charge in [0, 0.05) is 48.3 Å². The van der Waals surface area contributed by atoms with Crippen molar-refractivity contribution in [1.82, 2.24) is 15.1 Å². The van der Waals surface area contributed by atoms with Crippen molar-refractivity contribution < 1.29 is 28.2 Å². The van der Waals surface area contributed by atoms with Gasteiger partial charge in [0.05, 0.1) is 19.8 Å². The minimum Gasteiger partial charge on any atom is -0.488 e. The van der Waals surface area contributed by atoms with E-state index in [-0.39, 0.29) is 37.2 Å². The van der Waals surface area contributed by atoms with Crippen LogP contribution in [0, 0.1) is 5.82 Å². The molecule has 2 aromatic rings. The maximum atomic E-state index is 15.2. The van der Waals surface area contributed by atoms with E-state index in [1.807, 2.05) is 6.07 Å². The molecule has 1 unspecified atom stereocenters. The molecule has 5 rings (SSSR count). The monoisotopic (exact) mass is 467 g/mol. The van der Waals surface area contributed by atoms with Gasteiger partial charge >= 0.3 is 0 Å². The second kappa shape index (κ2) is 9.52. The maximum absolute atomic E-state index is 15.2. The number of halogens is 1. The summed E-state index contributed by atoms with van der Waals surface area (Å²) in [6.07, 6.45) is 0.488. The highest BCUT2D eigenvalue weighted by Gasteiger charge is 2.40. The number of piperidine rings is 1. The molecule has 0 aromatic heterocycles. The molecule has 8 nitrogen and oxygen atoms in total. The summed E-state index contributed by atoms with van der Waals surface area (Å²) in [6, 6.07) is 9.76. The molecule has 34 heavy (non-hydrogen) atoms. The van der Waals surface area contributed by atoms with Gasteiger partial charge in [0.15, 0.2) is 0 Å². The van der Waals surface area contributed by atoms with Crippen molar-refractivity contribution in [3.8, 4) is 5.75 Å². The number of benzene rings is 2. The number of morpholine rings is 1. The number of nitrogens with zero attached hydrogens (tertiary/aromatic N) is 2. The fourth-order valence-corrected chi connectivity index (χ4v) is 4.71. The Kier molecular flexibility index (Phi) is 6.30. The van der Waals surface area contributed by atoms with E-state index in [9.17, 15) is 14.4 Å². The van der Waals surface area contributed by atoms with Crippen molar-refractivity contribution in [2.75, 3.05) is 26.3 Å². The van der Waals surface area contributed by atoms with Gasteiger partial charge in [0.25, 0.3) is 5.91 Å². The SMILES string of the molecule is O=C1CCC(N2Cc3c(OCc4cccc(CN5CCOCC5)c4F)cccc3C2=O)C(=O)N1. The summed E-state index contributed by atoms with van der Waals surface area (Å²) in [4.78, 5) is 40.4. The molecule has 3 amide bonds. The number of nitrogens with one attached hydrogen (secondary N) is 1. The first-order valence-electron chi connectivity index (χ1n) is 11.5. The summed E-state index contributed by atoms with van der Waals surface area (Å²) < 4.78 is 26.5. The summed E-state index contributed by atoms with van der Waals surface area (Å²) in [5, 5.41) is 2.30. The van der Waals surface area contributed by atoms with E-state index in [1.54, 1.807) is 30.3 Å². The van der Waals surface area contributed by atoms with E-state index in [2.05, 4.69) is 10.2 Å². The van der Waals surface area contributed by atoms with E-state index >= 15 is 4.39 Å². The Balaban J connectivity index is 1.30. The second-order valence-corrected chi connectivity index (χ2v) is 8.75. The molecule has 9 heteroatoms. The number of amides is 3. The van der Waals surface area contributed by atoms with Gasteiger partial charge in [-0.1, -0.05) is 24.3 Å². The molecule has 0 radical (unpaired) electrons. The van der Waals surface area contributed by atoms with Gasteiger partial charge in [-0.15, -0.1) is 0 Å². The van der Waals surface area contributed by atoms with Gasteiger partial charge in [-0.05, 0) is 18.6 Å². The number of imide groups is 1. The molecule has 0 saturated carbocycles. The molecule has 3 aliphatic rings. The minimum absolute atomic E-state index is 0.0197. The first-order valence-corrected chi connectivity index (χ1v) is 11.5. The number of carbonyl (C=O) groups excluding carboxylic acids is 3. The highest BCUT2D eigenvalue weighted by molar-refractivity contribution is 6.05. The highest BCUT2D eigenvalue weighted by atomic mass is 19.1. The zero-order valence-corrected chi connectivity index (χ0v) is 18.7. The lowest BCUT2D eigenvalue weighted by Crippen LogP contribution is -2.52. The van der Waals surface area contributed by atoms with Gasteiger partial charge in [-0.2, -0.15) is 0 Å². The van der Waals surface area contributed by atoms with Gasteiger partial charge in [0.2, 0.25) is 11.8 Å². The van der Waals surface area contributed by atoms with Gasteiger partial charge in [-0.25, -0.2) is 4.39 Å². The molecule has 2 saturated heterocycles. The van der Waals surface area contributed by atoms with Crippen molar-refractivity contribution in [3.05, 3.63) is 64.5 Å². The minimum atomic E-state index is -0.695. The Morgan fingerprint density at radius 1 is 1.06 bits per heavy atom. The summed E-state index contributed by atoms with van der Waals surface area (Å²) in [6.45, 7) is 3.58. The van der Waals surface area contributed by atoms with Crippen molar-refractivity contribution in [3.63, 3.8) is 0 Å². The van der Waals surface area contributed by atoms with E-state index in [0.29, 0.717) is 54.2 Å².